The van der Waals surface area contributed by atoms with Crippen LogP contribution in [0, 0.1) is 6.92 Å². The van der Waals surface area contributed by atoms with Gasteiger partial charge >= 0.3 is 0 Å². The summed E-state index contributed by atoms with van der Waals surface area (Å²) in [6.45, 7) is 2.01. The lowest BCUT2D eigenvalue weighted by Crippen LogP contribution is -1.87. The maximum absolute atomic E-state index is 5.03. The third kappa shape index (κ3) is 2.61. The van der Waals surface area contributed by atoms with Gasteiger partial charge in [0.05, 0.1) is 32.9 Å². The van der Waals surface area contributed by atoms with Gasteiger partial charge in [-0.15, -0.1) is 11.3 Å². The van der Waals surface area contributed by atoms with Gasteiger partial charge in [0.2, 0.25) is 0 Å². The fourth-order valence-corrected chi connectivity index (χ4v) is 4.82. The van der Waals surface area contributed by atoms with E-state index in [1.54, 1.807) is 11.3 Å². The molecule has 0 spiro atoms. The van der Waals surface area contributed by atoms with Gasteiger partial charge in [-0.25, -0.2) is 14.5 Å². The number of benzene rings is 1. The van der Waals surface area contributed by atoms with Gasteiger partial charge < -0.3 is 0 Å². The Kier molecular flexibility index (Phi) is 3.72. The van der Waals surface area contributed by atoms with Crippen LogP contribution in [0.2, 0.25) is 0 Å². The van der Waals surface area contributed by atoms with E-state index in [2.05, 4.69) is 43.5 Å². The zero-order chi connectivity index (χ0) is 20.1. The average Bonchev–Trinajstić information content (AvgIpc) is 3.50. The SMILES string of the molecule is Cc1nn2ccccc2c1-c1nc(-c2cnc3ccccc3c2)c(-c2ncn[nH]2)s1. The van der Waals surface area contributed by atoms with Crippen molar-refractivity contribution in [1.82, 2.24) is 34.8 Å². The highest BCUT2D eigenvalue weighted by atomic mass is 32.1. The molecule has 6 aromatic rings. The molecule has 1 N–H and O–H groups in total. The number of nitrogens with one attached hydrogen (secondary N) is 1. The number of nitrogens with zero attached hydrogens (tertiary/aromatic N) is 6. The smallest absolute Gasteiger partial charge is 0.167 e. The van der Waals surface area contributed by atoms with Crippen molar-refractivity contribution in [2.45, 2.75) is 6.92 Å². The highest BCUT2D eigenvalue weighted by Gasteiger charge is 2.22. The Balaban J connectivity index is 1.61. The van der Waals surface area contributed by atoms with Crippen LogP contribution in [0.25, 0.3) is 48.9 Å². The normalized spacial score (nSPS) is 11.5. The van der Waals surface area contributed by atoms with Crippen LogP contribution in [-0.4, -0.2) is 34.8 Å². The molecular weight excluding hydrogens is 394 g/mol. The Hall–Kier alpha value is -3.91. The zero-order valence-electron chi connectivity index (χ0n) is 15.9. The van der Waals surface area contributed by atoms with Gasteiger partial charge in [-0.1, -0.05) is 24.3 Å². The number of thiazole rings is 1. The molecule has 144 valence electrons. The minimum absolute atomic E-state index is 0.691. The third-order valence-electron chi connectivity index (χ3n) is 5.05. The van der Waals surface area contributed by atoms with E-state index in [1.807, 2.05) is 54.2 Å². The Labute approximate surface area is 175 Å². The number of hydrogen-bond donors (Lipinski definition) is 1. The fourth-order valence-electron chi connectivity index (χ4n) is 3.68. The highest BCUT2D eigenvalue weighted by molar-refractivity contribution is 7.19. The number of H-pyrrole nitrogens is 1. The summed E-state index contributed by atoms with van der Waals surface area (Å²) in [7, 11) is 0. The molecule has 0 bridgehead atoms. The maximum atomic E-state index is 5.03. The third-order valence-corrected chi connectivity index (χ3v) is 6.13. The van der Waals surface area contributed by atoms with Crippen molar-refractivity contribution in [2.75, 3.05) is 0 Å². The second-order valence-corrected chi connectivity index (χ2v) is 7.94. The van der Waals surface area contributed by atoms with E-state index in [0.717, 1.165) is 48.8 Å². The van der Waals surface area contributed by atoms with Crippen LogP contribution in [0.15, 0.2) is 67.3 Å². The molecule has 30 heavy (non-hydrogen) atoms. The monoisotopic (exact) mass is 409 g/mol. The number of fused-ring (bicyclic) bond motifs is 2. The molecular formula is C22H15N7S. The summed E-state index contributed by atoms with van der Waals surface area (Å²) in [5.41, 5.74) is 5.72. The van der Waals surface area contributed by atoms with Gasteiger partial charge in [-0.05, 0) is 31.2 Å². The number of aromatic amines is 1. The lowest BCUT2D eigenvalue weighted by Gasteiger charge is -2.02. The van der Waals surface area contributed by atoms with Crippen molar-refractivity contribution in [2.24, 2.45) is 0 Å². The van der Waals surface area contributed by atoms with E-state index < -0.39 is 0 Å². The Morgan fingerprint density at radius 3 is 2.83 bits per heavy atom. The van der Waals surface area contributed by atoms with Gasteiger partial charge in [0.1, 0.15) is 11.3 Å². The molecule has 0 amide bonds. The van der Waals surface area contributed by atoms with Crippen molar-refractivity contribution >= 4 is 27.8 Å². The summed E-state index contributed by atoms with van der Waals surface area (Å²) in [6.07, 6.45) is 5.33. The first-order valence-corrected chi connectivity index (χ1v) is 10.3. The molecule has 0 saturated carbocycles. The van der Waals surface area contributed by atoms with E-state index in [4.69, 9.17) is 4.98 Å². The van der Waals surface area contributed by atoms with Crippen LogP contribution in [0.4, 0.5) is 0 Å². The number of hydrogen-bond acceptors (Lipinski definition) is 6. The van der Waals surface area contributed by atoms with Crippen molar-refractivity contribution in [3.63, 3.8) is 0 Å². The molecule has 7 nitrogen and oxygen atoms in total. The predicted octanol–water partition coefficient (Wildman–Crippen LogP) is 4.77. The number of pyridine rings is 2. The first-order chi connectivity index (χ1) is 14.8. The van der Waals surface area contributed by atoms with E-state index in [0.29, 0.717) is 5.82 Å². The van der Waals surface area contributed by atoms with Gasteiger partial charge in [0.15, 0.2) is 5.82 Å². The van der Waals surface area contributed by atoms with Crippen molar-refractivity contribution < 1.29 is 0 Å². The molecule has 0 fully saturated rings. The number of rotatable bonds is 3. The number of aryl methyl sites for hydroxylation is 1. The van der Waals surface area contributed by atoms with Crippen LogP contribution in [0.3, 0.4) is 0 Å². The van der Waals surface area contributed by atoms with E-state index in [-0.39, 0.29) is 0 Å². The summed E-state index contributed by atoms with van der Waals surface area (Å²) in [4.78, 5) is 15.0. The summed E-state index contributed by atoms with van der Waals surface area (Å²) in [5, 5.41) is 13.6. The number of para-hydroxylation sites is 1. The Bertz CT molecular complexity index is 1510. The topological polar surface area (TPSA) is 84.7 Å². The molecule has 5 aromatic heterocycles. The summed E-state index contributed by atoms with van der Waals surface area (Å²) in [5.74, 6) is 0.691. The molecule has 0 aliphatic carbocycles. The molecule has 8 heteroatoms. The van der Waals surface area contributed by atoms with E-state index in [1.165, 1.54) is 6.33 Å². The maximum Gasteiger partial charge on any atom is 0.167 e. The van der Waals surface area contributed by atoms with Crippen molar-refractivity contribution in [1.29, 1.82) is 0 Å². The number of aromatic nitrogens is 7. The Morgan fingerprint density at radius 1 is 1.03 bits per heavy atom. The van der Waals surface area contributed by atoms with Crippen molar-refractivity contribution in [3.8, 4) is 32.5 Å². The average molecular weight is 409 g/mol. The lowest BCUT2D eigenvalue weighted by molar-refractivity contribution is 0.934. The van der Waals surface area contributed by atoms with Gasteiger partial charge in [-0.3, -0.25) is 10.1 Å². The largest absolute Gasteiger partial charge is 0.259 e. The molecule has 5 heterocycles. The Morgan fingerprint density at radius 2 is 1.93 bits per heavy atom. The van der Waals surface area contributed by atoms with Crippen molar-refractivity contribution in [3.05, 3.63) is 72.9 Å². The van der Waals surface area contributed by atoms with Crippen LogP contribution in [-0.2, 0) is 0 Å². The molecule has 6 rings (SSSR count). The lowest BCUT2D eigenvalue weighted by atomic mass is 10.1. The summed E-state index contributed by atoms with van der Waals surface area (Å²) >= 11 is 1.58. The fraction of sp³-hybridized carbons (Fsp3) is 0.0455. The summed E-state index contributed by atoms with van der Waals surface area (Å²) in [6, 6.07) is 16.2. The standard InChI is InChI=1S/C22H15N7S/c1-13-18(17-8-4-5-9-29(17)28-13)22-26-19(20(30-22)21-24-12-25-27-21)15-10-14-6-2-3-7-16(14)23-11-15/h2-12H,1H3,(H,24,25,27). The molecule has 0 atom stereocenters. The summed E-state index contributed by atoms with van der Waals surface area (Å²) < 4.78 is 1.89. The van der Waals surface area contributed by atoms with Crippen LogP contribution in [0.5, 0.6) is 0 Å². The van der Waals surface area contributed by atoms with Gasteiger partial charge in [-0.2, -0.15) is 10.2 Å². The minimum Gasteiger partial charge on any atom is -0.259 e. The predicted molar refractivity (Wildman–Crippen MR) is 117 cm³/mol. The second kappa shape index (κ2) is 6.57. The first kappa shape index (κ1) is 17.0. The zero-order valence-corrected chi connectivity index (χ0v) is 16.8. The molecule has 0 aliphatic heterocycles. The highest BCUT2D eigenvalue weighted by Crippen LogP contribution is 2.41. The molecule has 0 unspecified atom stereocenters. The second-order valence-electron chi connectivity index (χ2n) is 6.94. The minimum atomic E-state index is 0.691. The van der Waals surface area contributed by atoms with E-state index >= 15 is 0 Å². The van der Waals surface area contributed by atoms with Crippen LogP contribution in [0.1, 0.15) is 5.69 Å². The first-order valence-electron chi connectivity index (χ1n) is 9.44. The molecule has 1 aromatic carbocycles. The van der Waals surface area contributed by atoms with Crippen LogP contribution < -0.4 is 0 Å². The van der Waals surface area contributed by atoms with E-state index in [9.17, 15) is 0 Å². The molecule has 0 aliphatic rings. The molecule has 0 saturated heterocycles. The quantitative estimate of drug-likeness (QED) is 0.455. The van der Waals surface area contributed by atoms with Gasteiger partial charge in [0.25, 0.3) is 0 Å². The van der Waals surface area contributed by atoms with Crippen LogP contribution >= 0.6 is 11.3 Å². The van der Waals surface area contributed by atoms with Gasteiger partial charge in [0, 0.05) is 23.3 Å². The molecule has 0 radical (unpaired) electrons.